The van der Waals surface area contributed by atoms with Crippen molar-refractivity contribution in [2.45, 2.75) is 6.42 Å². The van der Waals surface area contributed by atoms with E-state index in [4.69, 9.17) is 4.98 Å². The Kier molecular flexibility index (Phi) is 4.47. The number of anilines is 1. The molecule has 5 heterocycles. The first-order valence-corrected chi connectivity index (χ1v) is 10.9. The minimum Gasteiger partial charge on any atom is -0.367 e. The van der Waals surface area contributed by atoms with Crippen LogP contribution in [0.4, 0.5) is 5.69 Å². The molecule has 0 unspecified atom stereocenters. The van der Waals surface area contributed by atoms with Gasteiger partial charge >= 0.3 is 0 Å². The van der Waals surface area contributed by atoms with Crippen LogP contribution in [0.15, 0.2) is 36.5 Å². The Morgan fingerprint density at radius 2 is 1.97 bits per heavy atom. The standard InChI is InChI=1S/C23H26N8/c1-30-9-11-31(12-10-30)20-4-2-3-17-22(20)27-23(26-17)21-16-13-18(15-5-7-24-8-6-15)25-14-19(16)28-29-21/h2-5,13-14,24H,6-12H2,1H3,(H,26,27)(H,28,29). The fourth-order valence-corrected chi connectivity index (χ4v) is 4.56. The van der Waals surface area contributed by atoms with E-state index in [9.17, 15) is 0 Å². The lowest BCUT2D eigenvalue weighted by Gasteiger charge is -2.34. The summed E-state index contributed by atoms with van der Waals surface area (Å²) < 4.78 is 0. The van der Waals surface area contributed by atoms with Gasteiger partial charge in [0.1, 0.15) is 11.2 Å². The van der Waals surface area contributed by atoms with Crippen molar-refractivity contribution in [1.29, 1.82) is 0 Å². The van der Waals surface area contributed by atoms with Gasteiger partial charge in [-0.25, -0.2) is 4.98 Å². The van der Waals surface area contributed by atoms with Crippen LogP contribution in [0.2, 0.25) is 0 Å². The number of H-pyrrole nitrogens is 2. The second kappa shape index (κ2) is 7.47. The summed E-state index contributed by atoms with van der Waals surface area (Å²) in [5.74, 6) is 0.791. The zero-order chi connectivity index (χ0) is 20.8. The normalized spacial score (nSPS) is 18.1. The first-order valence-electron chi connectivity index (χ1n) is 10.9. The van der Waals surface area contributed by atoms with E-state index < -0.39 is 0 Å². The van der Waals surface area contributed by atoms with E-state index in [1.54, 1.807) is 0 Å². The van der Waals surface area contributed by atoms with Gasteiger partial charge in [-0.3, -0.25) is 10.1 Å². The molecule has 8 heteroatoms. The third-order valence-corrected chi connectivity index (χ3v) is 6.40. The van der Waals surface area contributed by atoms with Crippen LogP contribution in [0.1, 0.15) is 12.1 Å². The molecule has 31 heavy (non-hydrogen) atoms. The zero-order valence-corrected chi connectivity index (χ0v) is 17.6. The average Bonchev–Trinajstić information content (AvgIpc) is 3.43. The van der Waals surface area contributed by atoms with Crippen molar-refractivity contribution in [3.63, 3.8) is 0 Å². The number of hydrogen-bond donors (Lipinski definition) is 3. The topological polar surface area (TPSA) is 88.8 Å². The number of hydrogen-bond acceptors (Lipinski definition) is 6. The number of fused-ring (bicyclic) bond motifs is 2. The molecule has 3 N–H and O–H groups in total. The SMILES string of the molecule is CN1CCN(c2cccc3[nH]c(-c4n[nH]c5cnc(C6=CCNCC6)cc45)nc23)CC1. The summed E-state index contributed by atoms with van der Waals surface area (Å²) in [5, 5.41) is 12.1. The van der Waals surface area contributed by atoms with Gasteiger partial charge in [0.25, 0.3) is 0 Å². The Bertz CT molecular complexity index is 1280. The van der Waals surface area contributed by atoms with Gasteiger partial charge in [-0.1, -0.05) is 12.1 Å². The second-order valence-corrected chi connectivity index (χ2v) is 8.42. The van der Waals surface area contributed by atoms with Crippen LogP contribution in [0, 0.1) is 0 Å². The van der Waals surface area contributed by atoms with Crippen molar-refractivity contribution in [3.05, 3.63) is 42.2 Å². The van der Waals surface area contributed by atoms with E-state index in [2.05, 4.69) is 72.7 Å². The smallest absolute Gasteiger partial charge is 0.159 e. The molecule has 6 rings (SSSR count). The number of benzene rings is 1. The Morgan fingerprint density at radius 1 is 1.06 bits per heavy atom. The number of aromatic nitrogens is 5. The first-order chi connectivity index (χ1) is 15.3. The van der Waals surface area contributed by atoms with Crippen molar-refractivity contribution in [2.24, 2.45) is 0 Å². The number of imidazole rings is 1. The molecular weight excluding hydrogens is 388 g/mol. The molecule has 8 nitrogen and oxygen atoms in total. The maximum Gasteiger partial charge on any atom is 0.159 e. The van der Waals surface area contributed by atoms with Gasteiger partial charge in [0.2, 0.25) is 0 Å². The molecule has 2 aliphatic rings. The van der Waals surface area contributed by atoms with E-state index in [1.165, 1.54) is 11.3 Å². The summed E-state index contributed by atoms with van der Waals surface area (Å²) >= 11 is 0. The Labute approximate surface area is 180 Å². The lowest BCUT2D eigenvalue weighted by molar-refractivity contribution is 0.313. The maximum atomic E-state index is 5.00. The summed E-state index contributed by atoms with van der Waals surface area (Å²) in [6.45, 7) is 6.05. The Balaban J connectivity index is 1.42. The van der Waals surface area contributed by atoms with Gasteiger partial charge in [-0.05, 0) is 43.8 Å². The second-order valence-electron chi connectivity index (χ2n) is 8.42. The quantitative estimate of drug-likeness (QED) is 0.478. The molecule has 1 fully saturated rings. The highest BCUT2D eigenvalue weighted by Gasteiger charge is 2.20. The van der Waals surface area contributed by atoms with Crippen molar-refractivity contribution in [3.8, 4) is 11.5 Å². The molecule has 0 amide bonds. The van der Waals surface area contributed by atoms with E-state index in [0.29, 0.717) is 0 Å². The number of para-hydroxylation sites is 1. The first kappa shape index (κ1) is 18.5. The number of rotatable bonds is 3. The van der Waals surface area contributed by atoms with Crippen LogP contribution in [0.3, 0.4) is 0 Å². The van der Waals surface area contributed by atoms with Crippen LogP contribution in [-0.2, 0) is 0 Å². The Morgan fingerprint density at radius 3 is 2.81 bits per heavy atom. The third kappa shape index (κ3) is 3.28. The summed E-state index contributed by atoms with van der Waals surface area (Å²) in [5.41, 5.74) is 7.31. The number of aromatic amines is 2. The van der Waals surface area contributed by atoms with E-state index >= 15 is 0 Å². The lowest BCUT2D eigenvalue weighted by atomic mass is 10.0. The number of likely N-dealkylation sites (N-methyl/N-ethyl adjacent to an activating group) is 1. The zero-order valence-electron chi connectivity index (χ0n) is 17.6. The molecule has 3 aromatic heterocycles. The molecule has 0 radical (unpaired) electrons. The molecule has 0 atom stereocenters. The summed E-state index contributed by atoms with van der Waals surface area (Å²) in [6.07, 6.45) is 5.09. The van der Waals surface area contributed by atoms with Crippen molar-refractivity contribution in [2.75, 3.05) is 51.2 Å². The van der Waals surface area contributed by atoms with E-state index in [0.717, 1.165) is 84.8 Å². The summed E-state index contributed by atoms with van der Waals surface area (Å²) in [7, 11) is 2.18. The van der Waals surface area contributed by atoms with Crippen molar-refractivity contribution < 1.29 is 0 Å². The molecule has 0 aliphatic carbocycles. The largest absolute Gasteiger partial charge is 0.367 e. The van der Waals surface area contributed by atoms with Crippen LogP contribution in [0.25, 0.3) is 39.0 Å². The molecule has 1 aromatic carbocycles. The molecule has 0 spiro atoms. The lowest BCUT2D eigenvalue weighted by Crippen LogP contribution is -2.44. The summed E-state index contributed by atoms with van der Waals surface area (Å²) in [4.78, 5) is 18.0. The van der Waals surface area contributed by atoms with Crippen LogP contribution < -0.4 is 10.2 Å². The van der Waals surface area contributed by atoms with E-state index in [-0.39, 0.29) is 0 Å². The molecule has 1 saturated heterocycles. The highest BCUT2D eigenvalue weighted by molar-refractivity contribution is 5.96. The Hall–Kier alpha value is -3.23. The fraction of sp³-hybridized carbons (Fsp3) is 0.348. The highest BCUT2D eigenvalue weighted by Crippen LogP contribution is 2.32. The average molecular weight is 415 g/mol. The van der Waals surface area contributed by atoms with Gasteiger partial charge in [-0.2, -0.15) is 5.10 Å². The van der Waals surface area contributed by atoms with Crippen molar-refractivity contribution >= 4 is 33.2 Å². The minimum absolute atomic E-state index is 0.791. The summed E-state index contributed by atoms with van der Waals surface area (Å²) in [6, 6.07) is 8.51. The monoisotopic (exact) mass is 414 g/mol. The predicted octanol–water partition coefficient (Wildman–Crippen LogP) is 2.63. The minimum atomic E-state index is 0.791. The van der Waals surface area contributed by atoms with Gasteiger partial charge in [0.05, 0.1) is 28.6 Å². The number of nitrogens with zero attached hydrogens (tertiary/aromatic N) is 5. The highest BCUT2D eigenvalue weighted by atomic mass is 15.3. The van der Waals surface area contributed by atoms with Crippen molar-refractivity contribution in [1.82, 2.24) is 35.4 Å². The van der Waals surface area contributed by atoms with E-state index in [1.807, 2.05) is 6.20 Å². The van der Waals surface area contributed by atoms with Crippen LogP contribution >= 0.6 is 0 Å². The van der Waals surface area contributed by atoms with Crippen LogP contribution in [-0.4, -0.2) is 76.4 Å². The third-order valence-electron chi connectivity index (χ3n) is 6.40. The predicted molar refractivity (Wildman–Crippen MR) is 124 cm³/mol. The molecule has 158 valence electrons. The van der Waals surface area contributed by atoms with Crippen LogP contribution in [0.5, 0.6) is 0 Å². The number of nitrogens with one attached hydrogen (secondary N) is 3. The molecule has 2 aliphatic heterocycles. The van der Waals surface area contributed by atoms with Gasteiger partial charge < -0.3 is 20.1 Å². The maximum absolute atomic E-state index is 5.00. The molecular formula is C23H26N8. The fourth-order valence-electron chi connectivity index (χ4n) is 4.56. The molecule has 0 saturated carbocycles. The number of pyridine rings is 1. The van der Waals surface area contributed by atoms with Gasteiger partial charge in [-0.15, -0.1) is 0 Å². The number of piperazine rings is 1. The molecule has 4 aromatic rings. The van der Waals surface area contributed by atoms with Gasteiger partial charge in [0.15, 0.2) is 5.82 Å². The molecule has 0 bridgehead atoms. The van der Waals surface area contributed by atoms with Gasteiger partial charge in [0, 0.05) is 38.1 Å².